The van der Waals surface area contributed by atoms with Gasteiger partial charge in [0.2, 0.25) is 5.91 Å². The van der Waals surface area contributed by atoms with Gasteiger partial charge in [0.15, 0.2) is 0 Å². The average molecular weight is 301 g/mol. The highest BCUT2D eigenvalue weighted by molar-refractivity contribution is 6.08. The molecule has 0 spiro atoms. The molecule has 2 amide bonds. The van der Waals surface area contributed by atoms with Crippen LogP contribution in [0.5, 0.6) is 0 Å². The lowest BCUT2D eigenvalue weighted by atomic mass is 10.1. The molecule has 0 atom stereocenters. The molecule has 1 saturated heterocycles. The van der Waals surface area contributed by atoms with Crippen molar-refractivity contribution in [3.05, 3.63) is 35.5 Å². The van der Waals surface area contributed by atoms with Gasteiger partial charge in [-0.1, -0.05) is 18.2 Å². The van der Waals surface area contributed by atoms with Gasteiger partial charge in [-0.15, -0.1) is 0 Å². The van der Waals surface area contributed by atoms with E-state index in [0.29, 0.717) is 31.7 Å². The lowest BCUT2D eigenvalue weighted by molar-refractivity contribution is -0.135. The number of hydrogen-bond donors (Lipinski definition) is 2. The number of hydrogen-bond acceptors (Lipinski definition) is 3. The number of aryl methyl sites for hydroxylation is 1. The van der Waals surface area contributed by atoms with E-state index in [1.54, 1.807) is 9.80 Å². The number of para-hydroxylation sites is 1. The maximum absolute atomic E-state index is 12.8. The molecule has 1 fully saturated rings. The van der Waals surface area contributed by atoms with Crippen LogP contribution in [-0.4, -0.2) is 64.5 Å². The van der Waals surface area contributed by atoms with Crippen molar-refractivity contribution in [2.24, 2.45) is 0 Å². The molecule has 0 aliphatic carbocycles. The van der Waals surface area contributed by atoms with Crippen molar-refractivity contribution >= 4 is 22.7 Å². The van der Waals surface area contributed by atoms with Crippen molar-refractivity contribution in [2.75, 3.05) is 32.8 Å². The molecule has 3 rings (SSSR count). The molecule has 2 N–H and O–H groups in total. The van der Waals surface area contributed by atoms with Crippen molar-refractivity contribution in [3.8, 4) is 0 Å². The number of nitrogens with zero attached hydrogens (tertiary/aromatic N) is 2. The number of piperazine rings is 1. The highest BCUT2D eigenvalue weighted by atomic mass is 16.3. The molecule has 22 heavy (non-hydrogen) atoms. The molecule has 1 aromatic heterocycles. The van der Waals surface area contributed by atoms with Crippen molar-refractivity contribution < 1.29 is 14.7 Å². The molecule has 2 heterocycles. The number of aliphatic hydroxyl groups excluding tert-OH is 1. The van der Waals surface area contributed by atoms with Gasteiger partial charge in [0.1, 0.15) is 6.61 Å². The largest absolute Gasteiger partial charge is 0.387 e. The first-order chi connectivity index (χ1) is 10.6. The predicted octanol–water partition coefficient (Wildman–Crippen LogP) is 0.753. The number of rotatable bonds is 2. The Bertz CT molecular complexity index is 714. The number of nitrogens with one attached hydrogen (secondary N) is 1. The van der Waals surface area contributed by atoms with E-state index in [9.17, 15) is 9.59 Å². The summed E-state index contributed by atoms with van der Waals surface area (Å²) in [6.07, 6.45) is 0. The molecule has 1 aliphatic heterocycles. The number of carbonyl (C=O) groups is 2. The summed E-state index contributed by atoms with van der Waals surface area (Å²) in [6.45, 7) is 3.33. The molecule has 0 unspecified atom stereocenters. The smallest absolute Gasteiger partial charge is 0.256 e. The van der Waals surface area contributed by atoms with Gasteiger partial charge in [0.25, 0.3) is 5.91 Å². The summed E-state index contributed by atoms with van der Waals surface area (Å²) in [7, 11) is 0. The molecule has 1 aliphatic rings. The number of fused-ring (bicyclic) bond motifs is 1. The van der Waals surface area contributed by atoms with Crippen molar-refractivity contribution in [2.45, 2.75) is 6.92 Å². The molecule has 1 aromatic carbocycles. The van der Waals surface area contributed by atoms with E-state index >= 15 is 0 Å². The van der Waals surface area contributed by atoms with Gasteiger partial charge in [0, 0.05) is 42.8 Å². The fourth-order valence-corrected chi connectivity index (χ4v) is 2.97. The SMILES string of the molecule is Cc1[nH]c2ccccc2c1C(=O)N1CCN(C(=O)CO)CC1. The van der Waals surface area contributed by atoms with Gasteiger partial charge in [-0.25, -0.2) is 0 Å². The second-order valence-electron chi connectivity index (χ2n) is 5.50. The number of carbonyl (C=O) groups excluding carboxylic acids is 2. The third-order valence-electron chi connectivity index (χ3n) is 4.16. The molecule has 0 radical (unpaired) electrons. The van der Waals surface area contributed by atoms with Crippen LogP contribution in [0, 0.1) is 6.92 Å². The third kappa shape index (κ3) is 2.46. The van der Waals surface area contributed by atoms with Crippen LogP contribution in [0.15, 0.2) is 24.3 Å². The fraction of sp³-hybridized carbons (Fsp3) is 0.375. The minimum absolute atomic E-state index is 0.00829. The summed E-state index contributed by atoms with van der Waals surface area (Å²) >= 11 is 0. The second kappa shape index (κ2) is 5.81. The maximum Gasteiger partial charge on any atom is 0.256 e. The van der Waals surface area contributed by atoms with Crippen LogP contribution < -0.4 is 0 Å². The summed E-state index contributed by atoms with van der Waals surface area (Å²) in [5.41, 5.74) is 2.52. The van der Waals surface area contributed by atoms with Gasteiger partial charge in [0.05, 0.1) is 5.56 Å². The molecule has 0 bridgehead atoms. The monoisotopic (exact) mass is 301 g/mol. The highest BCUT2D eigenvalue weighted by Crippen LogP contribution is 2.23. The van der Waals surface area contributed by atoms with Gasteiger partial charge in [-0.05, 0) is 13.0 Å². The summed E-state index contributed by atoms with van der Waals surface area (Å²) in [5, 5.41) is 9.82. The van der Waals surface area contributed by atoms with E-state index in [-0.39, 0.29) is 11.8 Å². The normalized spacial score (nSPS) is 15.4. The van der Waals surface area contributed by atoms with Gasteiger partial charge < -0.3 is 19.9 Å². The first-order valence-electron chi connectivity index (χ1n) is 7.37. The van der Waals surface area contributed by atoms with Crippen LogP contribution >= 0.6 is 0 Å². The van der Waals surface area contributed by atoms with E-state index in [0.717, 1.165) is 16.6 Å². The Balaban J connectivity index is 1.80. The van der Waals surface area contributed by atoms with Crippen LogP contribution in [-0.2, 0) is 4.79 Å². The first kappa shape index (κ1) is 14.6. The quantitative estimate of drug-likeness (QED) is 0.859. The Labute approximate surface area is 128 Å². The summed E-state index contributed by atoms with van der Waals surface area (Å²) < 4.78 is 0. The number of H-pyrrole nitrogens is 1. The number of benzene rings is 1. The molecule has 6 heteroatoms. The third-order valence-corrected chi connectivity index (χ3v) is 4.16. The minimum Gasteiger partial charge on any atom is -0.387 e. The van der Waals surface area contributed by atoms with E-state index in [1.807, 2.05) is 31.2 Å². The number of amides is 2. The Hall–Kier alpha value is -2.34. The molecule has 0 saturated carbocycles. The lowest BCUT2D eigenvalue weighted by Gasteiger charge is -2.34. The number of aliphatic hydroxyl groups is 1. The van der Waals surface area contributed by atoms with E-state index in [1.165, 1.54) is 0 Å². The van der Waals surface area contributed by atoms with Gasteiger partial charge in [-0.2, -0.15) is 0 Å². The van der Waals surface area contributed by atoms with Crippen LogP contribution in [0.3, 0.4) is 0 Å². The minimum atomic E-state index is -0.477. The van der Waals surface area contributed by atoms with Crippen LogP contribution in [0.4, 0.5) is 0 Å². The number of aromatic nitrogens is 1. The van der Waals surface area contributed by atoms with Crippen LogP contribution in [0.2, 0.25) is 0 Å². The zero-order valence-electron chi connectivity index (χ0n) is 12.5. The Morgan fingerprint density at radius 1 is 1.14 bits per heavy atom. The maximum atomic E-state index is 12.8. The lowest BCUT2D eigenvalue weighted by Crippen LogP contribution is -2.51. The predicted molar refractivity (Wildman–Crippen MR) is 82.6 cm³/mol. The topological polar surface area (TPSA) is 76.6 Å². The molecular weight excluding hydrogens is 282 g/mol. The Kier molecular flexibility index (Phi) is 3.85. The van der Waals surface area contributed by atoms with Crippen LogP contribution in [0.1, 0.15) is 16.1 Å². The Morgan fingerprint density at radius 3 is 2.45 bits per heavy atom. The zero-order chi connectivity index (χ0) is 15.7. The van der Waals surface area contributed by atoms with Gasteiger partial charge >= 0.3 is 0 Å². The first-order valence-corrected chi connectivity index (χ1v) is 7.37. The Morgan fingerprint density at radius 2 is 1.77 bits per heavy atom. The van der Waals surface area contributed by atoms with E-state index in [2.05, 4.69) is 4.98 Å². The number of aromatic amines is 1. The van der Waals surface area contributed by atoms with Crippen molar-refractivity contribution in [1.82, 2.24) is 14.8 Å². The average Bonchev–Trinajstić information content (AvgIpc) is 2.89. The summed E-state index contributed by atoms with van der Waals surface area (Å²) in [6, 6.07) is 7.75. The second-order valence-corrected chi connectivity index (χ2v) is 5.50. The zero-order valence-corrected chi connectivity index (χ0v) is 12.5. The summed E-state index contributed by atoms with van der Waals surface area (Å²) in [4.78, 5) is 30.9. The van der Waals surface area contributed by atoms with Crippen LogP contribution in [0.25, 0.3) is 10.9 Å². The van der Waals surface area contributed by atoms with Gasteiger partial charge in [-0.3, -0.25) is 9.59 Å². The highest BCUT2D eigenvalue weighted by Gasteiger charge is 2.26. The standard InChI is InChI=1S/C16H19N3O3/c1-11-15(12-4-2-3-5-13(12)17-11)16(22)19-8-6-18(7-9-19)14(21)10-20/h2-5,17,20H,6-10H2,1H3. The van der Waals surface area contributed by atoms with Crippen molar-refractivity contribution in [1.29, 1.82) is 0 Å². The van der Waals surface area contributed by atoms with Crippen molar-refractivity contribution in [3.63, 3.8) is 0 Å². The van der Waals surface area contributed by atoms with E-state index in [4.69, 9.17) is 5.11 Å². The summed E-state index contributed by atoms with van der Waals surface area (Å²) in [5.74, 6) is -0.290. The molecular formula is C16H19N3O3. The van der Waals surface area contributed by atoms with E-state index < -0.39 is 6.61 Å². The fourth-order valence-electron chi connectivity index (χ4n) is 2.97. The molecule has 6 nitrogen and oxygen atoms in total. The molecule has 116 valence electrons. The molecule has 2 aromatic rings.